The Bertz CT molecular complexity index is 488. The van der Waals surface area contributed by atoms with Gasteiger partial charge in [-0.2, -0.15) is 26.3 Å². The van der Waals surface area contributed by atoms with Crippen molar-refractivity contribution >= 4 is 21.7 Å². The van der Waals surface area contributed by atoms with E-state index in [-0.39, 0.29) is 30.3 Å². The van der Waals surface area contributed by atoms with Crippen LogP contribution < -0.4 is 0 Å². The van der Waals surface area contributed by atoms with Gasteiger partial charge in [-0.05, 0) is 30.2 Å². The van der Waals surface area contributed by atoms with Crippen LogP contribution in [0, 0.1) is 0 Å². The van der Waals surface area contributed by atoms with Gasteiger partial charge in [0, 0.05) is 6.42 Å². The molecule has 0 N–H and O–H groups in total. The highest BCUT2D eigenvalue weighted by atomic mass is 79.9. The van der Waals surface area contributed by atoms with Crippen molar-refractivity contribution in [3.63, 3.8) is 0 Å². The number of hydrogen-bond acceptors (Lipinski definition) is 1. The minimum Gasteiger partial charge on any atom is -0.298 e. The van der Waals surface area contributed by atoms with E-state index in [0.29, 0.717) is 12.1 Å². The molecule has 118 valence electrons. The van der Waals surface area contributed by atoms with E-state index >= 15 is 0 Å². The van der Waals surface area contributed by atoms with Crippen molar-refractivity contribution in [3.8, 4) is 0 Å². The van der Waals surface area contributed by atoms with Gasteiger partial charge in [-0.15, -0.1) is 0 Å². The van der Waals surface area contributed by atoms with Gasteiger partial charge in [0.15, 0.2) is 0 Å². The normalized spacial score (nSPS) is 14.1. The second-order valence-corrected chi connectivity index (χ2v) is 5.51. The fraction of sp³-hybridized carbons (Fsp3) is 0.462. The fourth-order valence-corrected chi connectivity index (χ4v) is 2.38. The molecule has 1 aromatic carbocycles. The average molecular weight is 377 g/mol. The molecular formula is C13H11BrF6O. The number of rotatable bonds is 4. The Kier molecular flexibility index (Phi) is 5.46. The van der Waals surface area contributed by atoms with Gasteiger partial charge in [-0.25, -0.2) is 0 Å². The van der Waals surface area contributed by atoms with Crippen LogP contribution in [-0.2, 0) is 23.6 Å². The molecule has 0 aliphatic rings. The van der Waals surface area contributed by atoms with E-state index in [1.807, 2.05) is 0 Å². The van der Waals surface area contributed by atoms with E-state index < -0.39 is 28.3 Å². The predicted molar refractivity (Wildman–Crippen MR) is 68.2 cm³/mol. The lowest BCUT2D eigenvalue weighted by Gasteiger charge is -2.15. The molecule has 0 fully saturated rings. The monoisotopic (exact) mass is 376 g/mol. The Balaban J connectivity index is 3.23. The molecule has 1 aromatic rings. The minimum atomic E-state index is -4.88. The summed E-state index contributed by atoms with van der Waals surface area (Å²) in [7, 11) is 0. The van der Waals surface area contributed by atoms with E-state index in [9.17, 15) is 31.1 Å². The van der Waals surface area contributed by atoms with Gasteiger partial charge in [-0.3, -0.25) is 4.79 Å². The standard InChI is InChI=1S/C13H11BrF6O/c1-2-11(21)10(14)5-7-3-8(12(15,16)17)6-9(4-7)13(18,19)20/h3-4,6,10H,2,5H2,1H3. The maximum atomic E-state index is 12.7. The molecular weight excluding hydrogens is 366 g/mol. The molecule has 1 nitrogen and oxygen atoms in total. The summed E-state index contributed by atoms with van der Waals surface area (Å²) in [4.78, 5) is 10.6. The molecule has 0 saturated heterocycles. The third-order valence-corrected chi connectivity index (χ3v) is 3.59. The Hall–Kier alpha value is -1.05. The van der Waals surface area contributed by atoms with Crippen LogP contribution in [0.3, 0.4) is 0 Å². The molecule has 0 aliphatic carbocycles. The number of halogens is 7. The number of carbonyl (C=O) groups excluding carboxylic acids is 1. The summed E-state index contributed by atoms with van der Waals surface area (Å²) in [6.07, 6.45) is -9.86. The lowest BCUT2D eigenvalue weighted by atomic mass is 10.00. The topological polar surface area (TPSA) is 17.1 Å². The van der Waals surface area contributed by atoms with Crippen molar-refractivity contribution in [2.24, 2.45) is 0 Å². The molecule has 1 unspecified atom stereocenters. The van der Waals surface area contributed by atoms with Gasteiger partial charge >= 0.3 is 12.4 Å². The largest absolute Gasteiger partial charge is 0.416 e. The van der Waals surface area contributed by atoms with E-state index in [0.717, 1.165) is 0 Å². The van der Waals surface area contributed by atoms with Gasteiger partial charge in [0.1, 0.15) is 5.78 Å². The lowest BCUT2D eigenvalue weighted by molar-refractivity contribution is -0.143. The van der Waals surface area contributed by atoms with E-state index in [1.54, 1.807) is 6.92 Å². The van der Waals surface area contributed by atoms with Crippen molar-refractivity contribution < 1.29 is 31.1 Å². The predicted octanol–water partition coefficient (Wildman–Crippen LogP) is 5.01. The molecule has 0 saturated carbocycles. The van der Waals surface area contributed by atoms with Crippen LogP contribution in [0.4, 0.5) is 26.3 Å². The lowest BCUT2D eigenvalue weighted by Crippen LogP contribution is -2.17. The average Bonchev–Trinajstić information content (AvgIpc) is 2.35. The summed E-state index contributed by atoms with van der Waals surface area (Å²) >= 11 is 2.98. The molecule has 0 amide bonds. The van der Waals surface area contributed by atoms with Crippen molar-refractivity contribution in [2.45, 2.75) is 36.9 Å². The molecule has 0 spiro atoms. The van der Waals surface area contributed by atoms with E-state index in [4.69, 9.17) is 0 Å². The number of ketones is 1. The zero-order valence-electron chi connectivity index (χ0n) is 10.8. The summed E-state index contributed by atoms with van der Waals surface area (Å²) in [5, 5.41) is 0. The maximum Gasteiger partial charge on any atom is 0.416 e. The quantitative estimate of drug-likeness (QED) is 0.533. The Labute approximate surface area is 125 Å². The number of alkyl halides is 7. The van der Waals surface area contributed by atoms with Crippen LogP contribution >= 0.6 is 15.9 Å². The first kappa shape index (κ1) is 18.0. The fourth-order valence-electron chi connectivity index (χ4n) is 1.68. The van der Waals surface area contributed by atoms with Crippen molar-refractivity contribution in [3.05, 3.63) is 34.9 Å². The third kappa shape index (κ3) is 5.01. The number of carbonyl (C=O) groups is 1. The van der Waals surface area contributed by atoms with Crippen LogP contribution in [-0.4, -0.2) is 10.6 Å². The summed E-state index contributed by atoms with van der Waals surface area (Å²) in [6, 6.07) is 1.33. The number of hydrogen-bond donors (Lipinski definition) is 0. The number of benzene rings is 1. The summed E-state index contributed by atoms with van der Waals surface area (Å²) < 4.78 is 75.9. The van der Waals surface area contributed by atoms with E-state index in [1.165, 1.54) is 0 Å². The highest BCUT2D eigenvalue weighted by molar-refractivity contribution is 9.10. The second-order valence-electron chi connectivity index (χ2n) is 4.41. The van der Waals surface area contributed by atoms with Crippen LogP contribution in [0.1, 0.15) is 30.0 Å². The van der Waals surface area contributed by atoms with E-state index in [2.05, 4.69) is 15.9 Å². The molecule has 0 aliphatic heterocycles. The molecule has 0 aromatic heterocycles. The van der Waals surface area contributed by atoms with Crippen molar-refractivity contribution in [2.75, 3.05) is 0 Å². The van der Waals surface area contributed by atoms with Crippen LogP contribution in [0.15, 0.2) is 18.2 Å². The minimum absolute atomic E-state index is 0.0639. The zero-order chi connectivity index (χ0) is 16.4. The SMILES string of the molecule is CCC(=O)C(Br)Cc1cc(C(F)(F)F)cc(C(F)(F)F)c1. The van der Waals surface area contributed by atoms with Crippen LogP contribution in [0.5, 0.6) is 0 Å². The second kappa shape index (κ2) is 6.37. The Morgan fingerprint density at radius 1 is 1.05 bits per heavy atom. The highest BCUT2D eigenvalue weighted by Crippen LogP contribution is 2.36. The van der Waals surface area contributed by atoms with Crippen molar-refractivity contribution in [1.82, 2.24) is 0 Å². The first-order valence-corrected chi connectivity index (χ1v) is 6.82. The first-order chi connectivity index (χ1) is 9.45. The maximum absolute atomic E-state index is 12.7. The number of Topliss-reactive ketones (excluding diaryl/α,β-unsaturated/α-hetero) is 1. The first-order valence-electron chi connectivity index (χ1n) is 5.90. The molecule has 0 heterocycles. The molecule has 1 atom stereocenters. The van der Waals surface area contributed by atoms with Crippen LogP contribution in [0.2, 0.25) is 0 Å². The smallest absolute Gasteiger partial charge is 0.298 e. The van der Waals surface area contributed by atoms with Crippen LogP contribution in [0.25, 0.3) is 0 Å². The van der Waals surface area contributed by atoms with Gasteiger partial charge in [-0.1, -0.05) is 22.9 Å². The molecule has 21 heavy (non-hydrogen) atoms. The highest BCUT2D eigenvalue weighted by Gasteiger charge is 2.37. The third-order valence-electron chi connectivity index (χ3n) is 2.76. The van der Waals surface area contributed by atoms with Gasteiger partial charge in [0.2, 0.25) is 0 Å². The van der Waals surface area contributed by atoms with Crippen molar-refractivity contribution in [1.29, 1.82) is 0 Å². The zero-order valence-corrected chi connectivity index (χ0v) is 12.4. The summed E-state index contributed by atoms with van der Waals surface area (Å²) in [5.74, 6) is -0.291. The Morgan fingerprint density at radius 3 is 1.81 bits per heavy atom. The molecule has 0 bridgehead atoms. The molecule has 8 heteroatoms. The van der Waals surface area contributed by atoms with Gasteiger partial charge < -0.3 is 0 Å². The summed E-state index contributed by atoms with van der Waals surface area (Å²) in [5.41, 5.74) is -2.95. The summed E-state index contributed by atoms with van der Waals surface area (Å²) in [6.45, 7) is 1.56. The Morgan fingerprint density at radius 2 is 1.48 bits per heavy atom. The van der Waals surface area contributed by atoms with Gasteiger partial charge in [0.05, 0.1) is 16.0 Å². The molecule has 1 rings (SSSR count). The van der Waals surface area contributed by atoms with Gasteiger partial charge in [0.25, 0.3) is 0 Å². The molecule has 0 radical (unpaired) electrons.